The molecule has 0 fully saturated rings. The average molecular weight is 275 g/mol. The predicted octanol–water partition coefficient (Wildman–Crippen LogP) is 1.85. The molecule has 1 aromatic carbocycles. The van der Waals surface area contributed by atoms with Crippen molar-refractivity contribution in [2.45, 2.75) is 0 Å². The summed E-state index contributed by atoms with van der Waals surface area (Å²) in [7, 11) is 6.60. The Morgan fingerprint density at radius 3 is 2.30 bits per heavy atom. The van der Waals surface area contributed by atoms with E-state index in [-0.39, 0.29) is 16.7 Å². The van der Waals surface area contributed by atoms with Gasteiger partial charge in [0.2, 0.25) is 0 Å². The van der Waals surface area contributed by atoms with Crippen molar-refractivity contribution in [1.82, 2.24) is 19.8 Å². The summed E-state index contributed by atoms with van der Waals surface area (Å²) in [5, 5.41) is 0. The quantitative estimate of drug-likeness (QED) is 0.735. The first kappa shape index (κ1) is 14.1. The number of nitrogens with one attached hydrogen (secondary N) is 1. The van der Waals surface area contributed by atoms with Crippen LogP contribution in [0.1, 0.15) is 5.56 Å². The van der Waals surface area contributed by atoms with Gasteiger partial charge in [-0.05, 0) is 6.07 Å². The van der Waals surface area contributed by atoms with Gasteiger partial charge in [0.15, 0.2) is 5.69 Å². The standard InChI is InChI=1S/C14H18N4O2/c1-16(2)13(19)15-18(14(20)17(3)4)10-9-11-7-5-6-8-12(11)18/h5-10H,1-4H3/p+1. The van der Waals surface area contributed by atoms with E-state index >= 15 is 0 Å². The zero-order chi connectivity index (χ0) is 14.9. The first-order chi connectivity index (χ1) is 9.38. The second kappa shape index (κ2) is 4.97. The molecular formula is C14H19N4O2+. The molecule has 1 atom stereocenters. The second-order valence-corrected chi connectivity index (χ2v) is 5.09. The highest BCUT2D eigenvalue weighted by Gasteiger charge is 2.46. The molecule has 0 saturated carbocycles. The fraction of sp³-hybridized carbons (Fsp3) is 0.286. The summed E-state index contributed by atoms with van der Waals surface area (Å²) >= 11 is 0. The predicted molar refractivity (Wildman–Crippen MR) is 78.6 cm³/mol. The SMILES string of the molecule is CN(C)C(=O)N[N+]1(C(=O)N(C)C)C=Cc2ccccc21. The number of carbonyl (C=O) groups excluding carboxylic acids is 2. The Morgan fingerprint density at radius 2 is 1.70 bits per heavy atom. The van der Waals surface area contributed by atoms with Gasteiger partial charge in [0.1, 0.15) is 6.20 Å². The number of carbonyl (C=O) groups is 2. The Morgan fingerprint density at radius 1 is 1.05 bits per heavy atom. The highest BCUT2D eigenvalue weighted by atomic mass is 16.2. The summed E-state index contributed by atoms with van der Waals surface area (Å²) < 4.78 is -0.333. The Hall–Kier alpha value is -2.34. The van der Waals surface area contributed by atoms with E-state index in [9.17, 15) is 9.59 Å². The van der Waals surface area contributed by atoms with Gasteiger partial charge in [-0.1, -0.05) is 16.7 Å². The number of rotatable bonds is 0. The molecule has 1 N–H and O–H groups in total. The summed E-state index contributed by atoms with van der Waals surface area (Å²) in [6, 6.07) is 6.94. The molecule has 0 radical (unpaired) electrons. The van der Waals surface area contributed by atoms with Crippen LogP contribution in [0.4, 0.5) is 15.3 Å². The summed E-state index contributed by atoms with van der Waals surface area (Å²) in [6.45, 7) is 0. The maximum absolute atomic E-state index is 12.6. The highest BCUT2D eigenvalue weighted by molar-refractivity contribution is 5.96. The van der Waals surface area contributed by atoms with Gasteiger partial charge in [-0.25, -0.2) is 9.59 Å². The molecule has 4 amide bonds. The third kappa shape index (κ3) is 2.14. The van der Waals surface area contributed by atoms with Crippen LogP contribution in [0.5, 0.6) is 0 Å². The molecule has 1 unspecified atom stereocenters. The molecule has 0 aromatic heterocycles. The zero-order valence-corrected chi connectivity index (χ0v) is 12.1. The van der Waals surface area contributed by atoms with E-state index in [0.717, 1.165) is 11.3 Å². The third-order valence-electron chi connectivity index (χ3n) is 3.16. The zero-order valence-electron chi connectivity index (χ0n) is 12.1. The second-order valence-electron chi connectivity index (χ2n) is 5.09. The maximum atomic E-state index is 12.6. The van der Waals surface area contributed by atoms with Gasteiger partial charge in [-0.2, -0.15) is 5.43 Å². The Balaban J connectivity index is 2.50. The molecule has 6 nitrogen and oxygen atoms in total. The number of hydrogen-bond donors (Lipinski definition) is 1. The molecule has 2 rings (SSSR count). The van der Waals surface area contributed by atoms with Crippen molar-refractivity contribution in [2.24, 2.45) is 0 Å². The molecule has 1 aliphatic heterocycles. The summed E-state index contributed by atoms with van der Waals surface area (Å²) in [4.78, 5) is 27.5. The molecule has 20 heavy (non-hydrogen) atoms. The van der Waals surface area contributed by atoms with E-state index in [1.165, 1.54) is 9.80 Å². The Kier molecular flexibility index (Phi) is 3.50. The van der Waals surface area contributed by atoms with Crippen LogP contribution in [-0.4, -0.2) is 50.1 Å². The van der Waals surface area contributed by atoms with Crippen LogP contribution in [0.3, 0.4) is 0 Å². The third-order valence-corrected chi connectivity index (χ3v) is 3.16. The van der Waals surface area contributed by atoms with E-state index in [1.54, 1.807) is 34.4 Å². The topological polar surface area (TPSA) is 52.7 Å². The van der Waals surface area contributed by atoms with Crippen LogP contribution in [-0.2, 0) is 0 Å². The highest BCUT2D eigenvalue weighted by Crippen LogP contribution is 2.34. The number of hydrogen-bond acceptors (Lipinski definition) is 2. The van der Waals surface area contributed by atoms with Crippen LogP contribution in [0.2, 0.25) is 0 Å². The van der Waals surface area contributed by atoms with Crippen LogP contribution in [0.15, 0.2) is 30.5 Å². The minimum atomic E-state index is -0.333. The Bertz CT molecular complexity index is 580. The number of nitrogens with zero attached hydrogens (tertiary/aromatic N) is 3. The normalized spacial score (nSPS) is 19.4. The lowest BCUT2D eigenvalue weighted by Crippen LogP contribution is -2.65. The summed E-state index contributed by atoms with van der Waals surface area (Å²) in [5.74, 6) is 0. The van der Waals surface area contributed by atoms with Gasteiger partial charge in [0.25, 0.3) is 0 Å². The van der Waals surface area contributed by atoms with Crippen molar-refractivity contribution >= 4 is 23.8 Å². The van der Waals surface area contributed by atoms with E-state index < -0.39 is 0 Å². The number of fused-ring (bicyclic) bond motifs is 1. The minimum absolute atomic E-state index is 0.235. The molecule has 0 spiro atoms. The van der Waals surface area contributed by atoms with Crippen LogP contribution in [0.25, 0.3) is 6.08 Å². The van der Waals surface area contributed by atoms with Gasteiger partial charge in [-0.15, -0.1) is 0 Å². The molecule has 1 aromatic rings. The molecule has 106 valence electrons. The minimum Gasteiger partial charge on any atom is -0.327 e. The van der Waals surface area contributed by atoms with Crippen LogP contribution in [0, 0.1) is 0 Å². The maximum Gasteiger partial charge on any atom is 0.453 e. The van der Waals surface area contributed by atoms with E-state index in [2.05, 4.69) is 5.43 Å². The lowest BCUT2D eigenvalue weighted by atomic mass is 10.2. The lowest BCUT2D eigenvalue weighted by molar-refractivity contribution is 0.162. The monoisotopic (exact) mass is 275 g/mol. The molecule has 0 bridgehead atoms. The van der Waals surface area contributed by atoms with E-state index in [0.29, 0.717) is 0 Å². The first-order valence-corrected chi connectivity index (χ1v) is 6.27. The van der Waals surface area contributed by atoms with Gasteiger partial charge in [0, 0.05) is 45.9 Å². The van der Waals surface area contributed by atoms with Crippen molar-refractivity contribution in [3.63, 3.8) is 0 Å². The fourth-order valence-electron chi connectivity index (χ4n) is 2.10. The summed E-state index contributed by atoms with van der Waals surface area (Å²) in [6.07, 6.45) is 3.53. The van der Waals surface area contributed by atoms with Crippen LogP contribution >= 0.6 is 0 Å². The number of amides is 4. The smallest absolute Gasteiger partial charge is 0.327 e. The lowest BCUT2D eigenvalue weighted by Gasteiger charge is -2.31. The molecule has 6 heteroatoms. The van der Waals surface area contributed by atoms with E-state index in [1.807, 2.05) is 30.3 Å². The Labute approximate surface area is 118 Å². The van der Waals surface area contributed by atoms with Crippen molar-refractivity contribution < 1.29 is 9.59 Å². The molecule has 0 saturated heterocycles. The number of quaternary nitrogens is 1. The van der Waals surface area contributed by atoms with Gasteiger partial charge >= 0.3 is 12.1 Å². The van der Waals surface area contributed by atoms with Gasteiger partial charge < -0.3 is 4.90 Å². The van der Waals surface area contributed by atoms with Crippen molar-refractivity contribution in [3.8, 4) is 0 Å². The number of benzene rings is 1. The molecular weight excluding hydrogens is 256 g/mol. The largest absolute Gasteiger partial charge is 0.453 e. The first-order valence-electron chi connectivity index (χ1n) is 6.27. The van der Waals surface area contributed by atoms with Crippen molar-refractivity contribution in [3.05, 3.63) is 36.0 Å². The molecule has 1 heterocycles. The van der Waals surface area contributed by atoms with Gasteiger partial charge in [-0.3, -0.25) is 4.90 Å². The van der Waals surface area contributed by atoms with Crippen molar-refractivity contribution in [2.75, 3.05) is 28.2 Å². The van der Waals surface area contributed by atoms with E-state index in [4.69, 9.17) is 0 Å². The summed E-state index contributed by atoms with van der Waals surface area (Å²) in [5.41, 5.74) is 4.43. The average Bonchev–Trinajstić information content (AvgIpc) is 2.78. The molecule has 1 aliphatic rings. The van der Waals surface area contributed by atoms with Crippen LogP contribution < -0.4 is 10.0 Å². The fourth-order valence-corrected chi connectivity index (χ4v) is 2.10. The molecule has 0 aliphatic carbocycles. The van der Waals surface area contributed by atoms with Gasteiger partial charge in [0.05, 0.1) is 0 Å². The number of para-hydroxylation sites is 1. The number of urea groups is 2. The van der Waals surface area contributed by atoms with Crippen molar-refractivity contribution in [1.29, 1.82) is 0 Å².